The smallest absolute Gasteiger partial charge is 0.273 e. The number of halogens is 1. The van der Waals surface area contributed by atoms with Crippen LogP contribution >= 0.6 is 11.6 Å². The number of nitrogens with zero attached hydrogens (tertiary/aromatic N) is 2. The second-order valence-electron chi connectivity index (χ2n) is 4.87. The average Bonchev–Trinajstić information content (AvgIpc) is 2.38. The molecule has 1 aliphatic rings. The normalized spacial score (nSPS) is 16.9. The van der Waals surface area contributed by atoms with E-state index in [-0.39, 0.29) is 16.5 Å². The predicted octanol–water partition coefficient (Wildman–Crippen LogP) is 3.57. The topological polar surface area (TPSA) is 46.4 Å². The van der Waals surface area contributed by atoms with Gasteiger partial charge in [0.25, 0.3) is 5.69 Å². The van der Waals surface area contributed by atoms with E-state index in [1.807, 2.05) is 12.1 Å². The van der Waals surface area contributed by atoms with Crippen LogP contribution in [0.5, 0.6) is 0 Å². The Morgan fingerprint density at radius 1 is 1.44 bits per heavy atom. The van der Waals surface area contributed by atoms with Gasteiger partial charge in [-0.2, -0.15) is 0 Å². The van der Waals surface area contributed by atoms with Crippen molar-refractivity contribution in [2.24, 2.45) is 5.92 Å². The molecule has 0 amide bonds. The number of anilines is 1. The Bertz CT molecular complexity index is 443. The second-order valence-corrected chi connectivity index (χ2v) is 5.14. The molecular weight excluding hydrogens is 252 g/mol. The van der Waals surface area contributed by atoms with E-state index in [1.165, 1.54) is 12.8 Å². The molecule has 1 aromatic carbocycles. The van der Waals surface area contributed by atoms with Crippen molar-refractivity contribution in [3.63, 3.8) is 0 Å². The minimum absolute atomic E-state index is 0.110. The lowest BCUT2D eigenvalue weighted by Crippen LogP contribution is -2.32. The van der Waals surface area contributed by atoms with Gasteiger partial charge in [0.1, 0.15) is 0 Å². The summed E-state index contributed by atoms with van der Waals surface area (Å²) >= 11 is 5.79. The van der Waals surface area contributed by atoms with Gasteiger partial charge in [0.05, 0.1) is 10.8 Å². The molecule has 0 N–H and O–H groups in total. The van der Waals surface area contributed by atoms with Crippen LogP contribution in [0.25, 0.3) is 0 Å². The number of hydrogen-bond donors (Lipinski definition) is 0. The van der Waals surface area contributed by atoms with Gasteiger partial charge < -0.3 is 4.90 Å². The molecule has 4 nitrogen and oxygen atoms in total. The molecule has 98 valence electrons. The minimum atomic E-state index is -0.375. The highest BCUT2D eigenvalue weighted by Crippen LogP contribution is 2.29. The van der Waals surface area contributed by atoms with E-state index < -0.39 is 0 Å². The summed E-state index contributed by atoms with van der Waals surface area (Å²) < 4.78 is 0. The van der Waals surface area contributed by atoms with E-state index in [2.05, 4.69) is 11.8 Å². The first-order valence-electron chi connectivity index (χ1n) is 6.20. The summed E-state index contributed by atoms with van der Waals surface area (Å²) in [4.78, 5) is 12.7. The van der Waals surface area contributed by atoms with E-state index in [4.69, 9.17) is 11.6 Å². The molecule has 0 atom stereocenters. The van der Waals surface area contributed by atoms with Gasteiger partial charge in [0.15, 0.2) is 0 Å². The molecule has 0 bridgehead atoms. The summed E-state index contributed by atoms with van der Waals surface area (Å²) in [6.07, 6.45) is 2.35. The van der Waals surface area contributed by atoms with E-state index in [0.29, 0.717) is 5.56 Å². The average molecular weight is 269 g/mol. The summed E-state index contributed by atoms with van der Waals surface area (Å²) in [6.45, 7) is 4.29. The molecule has 1 aliphatic heterocycles. The number of hydrogen-bond acceptors (Lipinski definition) is 3. The van der Waals surface area contributed by atoms with Crippen LogP contribution in [-0.2, 0) is 5.88 Å². The fourth-order valence-corrected chi connectivity index (χ4v) is 2.53. The molecule has 0 saturated carbocycles. The molecule has 0 unspecified atom stereocenters. The lowest BCUT2D eigenvalue weighted by Gasteiger charge is -2.32. The standard InChI is InChI=1S/C13H17ClN2O2/c1-10-4-6-15(7-5-10)12-2-3-13(16(17)18)11(8-12)9-14/h2-3,8,10H,4-7,9H2,1H3. The maximum Gasteiger partial charge on any atom is 0.273 e. The number of nitro benzene ring substituents is 1. The molecule has 2 rings (SSSR count). The first-order valence-corrected chi connectivity index (χ1v) is 6.73. The SMILES string of the molecule is CC1CCN(c2ccc([N+](=O)[O-])c(CCl)c2)CC1. The van der Waals surface area contributed by atoms with Gasteiger partial charge in [0, 0.05) is 30.4 Å². The first kappa shape index (κ1) is 13.1. The molecule has 0 aliphatic carbocycles. The Kier molecular flexibility index (Phi) is 4.07. The highest BCUT2D eigenvalue weighted by molar-refractivity contribution is 6.17. The maximum absolute atomic E-state index is 10.8. The van der Waals surface area contributed by atoms with E-state index in [9.17, 15) is 10.1 Å². The van der Waals surface area contributed by atoms with Crippen molar-refractivity contribution in [3.8, 4) is 0 Å². The molecule has 1 saturated heterocycles. The van der Waals surface area contributed by atoms with Gasteiger partial charge in [-0.1, -0.05) is 6.92 Å². The largest absolute Gasteiger partial charge is 0.372 e. The maximum atomic E-state index is 10.8. The quantitative estimate of drug-likeness (QED) is 0.478. The van der Waals surface area contributed by atoms with Crippen LogP contribution in [0.1, 0.15) is 25.3 Å². The van der Waals surface area contributed by atoms with Crippen molar-refractivity contribution in [2.45, 2.75) is 25.6 Å². The summed E-state index contributed by atoms with van der Waals surface area (Å²) in [5.41, 5.74) is 1.75. The zero-order valence-electron chi connectivity index (χ0n) is 10.4. The van der Waals surface area contributed by atoms with Crippen LogP contribution in [0.4, 0.5) is 11.4 Å². The molecule has 0 aromatic heterocycles. The Labute approximate surface area is 112 Å². The van der Waals surface area contributed by atoms with Gasteiger partial charge in [0.2, 0.25) is 0 Å². The van der Waals surface area contributed by atoms with Gasteiger partial charge in [-0.05, 0) is 30.9 Å². The van der Waals surface area contributed by atoms with Gasteiger partial charge in [-0.25, -0.2) is 0 Å². The van der Waals surface area contributed by atoms with Crippen molar-refractivity contribution in [3.05, 3.63) is 33.9 Å². The van der Waals surface area contributed by atoms with Crippen LogP contribution in [0.15, 0.2) is 18.2 Å². The Balaban J connectivity index is 2.22. The number of rotatable bonds is 3. The van der Waals surface area contributed by atoms with Crippen LogP contribution < -0.4 is 4.90 Å². The zero-order valence-corrected chi connectivity index (χ0v) is 11.2. The van der Waals surface area contributed by atoms with Crippen LogP contribution in [-0.4, -0.2) is 18.0 Å². The zero-order chi connectivity index (χ0) is 13.1. The number of nitro groups is 1. The molecule has 5 heteroatoms. The highest BCUT2D eigenvalue weighted by atomic mass is 35.5. The number of piperidine rings is 1. The molecular formula is C13H17ClN2O2. The van der Waals surface area contributed by atoms with Crippen molar-refractivity contribution < 1.29 is 4.92 Å². The Hall–Kier alpha value is -1.29. The first-order chi connectivity index (χ1) is 8.61. The van der Waals surface area contributed by atoms with Crippen LogP contribution in [0.3, 0.4) is 0 Å². The molecule has 1 aromatic rings. The monoisotopic (exact) mass is 268 g/mol. The molecule has 18 heavy (non-hydrogen) atoms. The predicted molar refractivity (Wildman–Crippen MR) is 73.3 cm³/mol. The van der Waals surface area contributed by atoms with Crippen LogP contribution in [0.2, 0.25) is 0 Å². The summed E-state index contributed by atoms with van der Waals surface area (Å²) in [6, 6.07) is 5.23. The van der Waals surface area contributed by atoms with Crippen LogP contribution in [0, 0.1) is 16.0 Å². The number of benzene rings is 1. The van der Waals surface area contributed by atoms with Gasteiger partial charge in [-0.15, -0.1) is 11.6 Å². The summed E-state index contributed by atoms with van der Waals surface area (Å²) in [5.74, 6) is 0.945. The van der Waals surface area contributed by atoms with E-state index in [0.717, 1.165) is 24.7 Å². The van der Waals surface area contributed by atoms with E-state index >= 15 is 0 Å². The lowest BCUT2D eigenvalue weighted by atomic mass is 9.98. The number of alkyl halides is 1. The summed E-state index contributed by atoms with van der Waals surface area (Å²) in [7, 11) is 0. The van der Waals surface area contributed by atoms with Crippen molar-refractivity contribution in [2.75, 3.05) is 18.0 Å². The molecule has 0 spiro atoms. The molecule has 1 heterocycles. The van der Waals surface area contributed by atoms with Crippen molar-refractivity contribution in [1.29, 1.82) is 0 Å². The van der Waals surface area contributed by atoms with Gasteiger partial charge in [-0.3, -0.25) is 10.1 Å². The third-order valence-corrected chi connectivity index (χ3v) is 3.84. The Morgan fingerprint density at radius 3 is 2.67 bits per heavy atom. The fourth-order valence-electron chi connectivity index (χ4n) is 2.32. The third kappa shape index (κ3) is 2.75. The lowest BCUT2D eigenvalue weighted by molar-refractivity contribution is -0.385. The van der Waals surface area contributed by atoms with Gasteiger partial charge >= 0.3 is 0 Å². The van der Waals surface area contributed by atoms with Crippen molar-refractivity contribution in [1.82, 2.24) is 0 Å². The minimum Gasteiger partial charge on any atom is -0.372 e. The van der Waals surface area contributed by atoms with E-state index in [1.54, 1.807) is 6.07 Å². The second kappa shape index (κ2) is 5.57. The molecule has 1 fully saturated rings. The van der Waals surface area contributed by atoms with Crippen molar-refractivity contribution >= 4 is 23.0 Å². The Morgan fingerprint density at radius 2 is 2.11 bits per heavy atom. The molecule has 0 radical (unpaired) electrons. The summed E-state index contributed by atoms with van der Waals surface area (Å²) in [5, 5.41) is 10.8. The third-order valence-electron chi connectivity index (χ3n) is 3.55. The highest BCUT2D eigenvalue weighted by Gasteiger charge is 2.19. The fraction of sp³-hybridized carbons (Fsp3) is 0.538.